The van der Waals surface area contributed by atoms with E-state index in [1.807, 2.05) is 18.2 Å². The molecule has 0 unspecified atom stereocenters. The fraction of sp³-hybridized carbons (Fsp3) is 0.476. The average Bonchev–Trinajstić information content (AvgIpc) is 2.94. The highest BCUT2D eigenvalue weighted by molar-refractivity contribution is 8.26. The minimum Gasteiger partial charge on any atom is -0.481 e. The molecule has 2 fully saturated rings. The van der Waals surface area contributed by atoms with Crippen LogP contribution >= 0.6 is 24.0 Å². The second kappa shape index (κ2) is 9.56. The summed E-state index contributed by atoms with van der Waals surface area (Å²) in [6.45, 7) is 4.58. The average molecular weight is 419 g/mol. The van der Waals surface area contributed by atoms with Crippen molar-refractivity contribution in [2.45, 2.75) is 39.0 Å². The molecule has 5 nitrogen and oxygen atoms in total. The maximum absolute atomic E-state index is 12.5. The second-order valence-electron chi connectivity index (χ2n) is 7.29. The van der Waals surface area contributed by atoms with Crippen molar-refractivity contribution in [1.82, 2.24) is 4.90 Å². The van der Waals surface area contributed by atoms with Crippen LogP contribution in [0.25, 0.3) is 6.08 Å². The number of carbonyl (C=O) groups excluding carboxylic acids is 1. The minimum absolute atomic E-state index is 0.108. The zero-order valence-corrected chi connectivity index (χ0v) is 17.7. The second-order valence-corrected chi connectivity index (χ2v) is 8.96. The van der Waals surface area contributed by atoms with Crippen LogP contribution in [0.5, 0.6) is 0 Å². The molecule has 1 aromatic carbocycles. The number of anilines is 1. The number of piperidine rings is 1. The summed E-state index contributed by atoms with van der Waals surface area (Å²) in [5, 5.41) is 8.82. The van der Waals surface area contributed by atoms with Gasteiger partial charge in [-0.15, -0.1) is 0 Å². The van der Waals surface area contributed by atoms with Crippen molar-refractivity contribution in [2.75, 3.05) is 24.5 Å². The van der Waals surface area contributed by atoms with Crippen LogP contribution in [0.3, 0.4) is 0 Å². The Bertz CT molecular complexity index is 768. The standard InChI is InChI=1S/C21H26N2O3S2/c1-2-3-15-8-11-22(12-9-15)17-6-4-16(5-7-17)14-18-20(26)23(21(27)28-18)13-10-19(24)25/h4-7,14-15H,2-3,8-13H2,1H3,(H,24,25)/b18-14-. The number of amides is 1. The third kappa shape index (κ3) is 5.14. The number of carboxylic acid groups (broad SMARTS) is 1. The molecule has 3 rings (SSSR count). The number of nitrogens with zero attached hydrogens (tertiary/aromatic N) is 2. The van der Waals surface area contributed by atoms with Crippen molar-refractivity contribution >= 4 is 51.9 Å². The molecule has 1 N–H and O–H groups in total. The quantitative estimate of drug-likeness (QED) is 0.524. The summed E-state index contributed by atoms with van der Waals surface area (Å²) in [4.78, 5) is 27.6. The maximum Gasteiger partial charge on any atom is 0.305 e. The number of benzene rings is 1. The van der Waals surface area contributed by atoms with Crippen LogP contribution in [-0.4, -0.2) is 45.8 Å². The van der Waals surface area contributed by atoms with E-state index in [-0.39, 0.29) is 18.9 Å². The molecule has 2 saturated heterocycles. The Morgan fingerprint density at radius 1 is 1.29 bits per heavy atom. The number of hydrogen-bond acceptors (Lipinski definition) is 5. The van der Waals surface area contributed by atoms with E-state index in [1.54, 1.807) is 0 Å². The third-order valence-electron chi connectivity index (χ3n) is 5.29. The van der Waals surface area contributed by atoms with Gasteiger partial charge in [0.25, 0.3) is 5.91 Å². The first-order valence-electron chi connectivity index (χ1n) is 9.80. The van der Waals surface area contributed by atoms with Gasteiger partial charge in [0.05, 0.1) is 11.3 Å². The first-order valence-corrected chi connectivity index (χ1v) is 11.0. The van der Waals surface area contributed by atoms with Crippen molar-refractivity contribution in [3.63, 3.8) is 0 Å². The summed E-state index contributed by atoms with van der Waals surface area (Å²) in [6.07, 6.45) is 6.84. The largest absolute Gasteiger partial charge is 0.481 e. The monoisotopic (exact) mass is 418 g/mol. The van der Waals surface area contributed by atoms with Gasteiger partial charge in [0.2, 0.25) is 0 Å². The maximum atomic E-state index is 12.5. The van der Waals surface area contributed by atoms with Gasteiger partial charge >= 0.3 is 5.97 Å². The fourth-order valence-electron chi connectivity index (χ4n) is 3.72. The molecule has 0 aliphatic carbocycles. The van der Waals surface area contributed by atoms with Crippen molar-refractivity contribution < 1.29 is 14.7 Å². The number of hydrogen-bond donors (Lipinski definition) is 1. The van der Waals surface area contributed by atoms with Gasteiger partial charge in [0, 0.05) is 25.3 Å². The van der Waals surface area contributed by atoms with Gasteiger partial charge < -0.3 is 10.0 Å². The van der Waals surface area contributed by atoms with E-state index in [1.165, 1.54) is 48.0 Å². The van der Waals surface area contributed by atoms with E-state index in [4.69, 9.17) is 17.3 Å². The van der Waals surface area contributed by atoms with Gasteiger partial charge in [0.15, 0.2) is 0 Å². The molecule has 1 aromatic rings. The summed E-state index contributed by atoms with van der Waals surface area (Å²) >= 11 is 6.46. The summed E-state index contributed by atoms with van der Waals surface area (Å²) in [7, 11) is 0. The lowest BCUT2D eigenvalue weighted by atomic mass is 9.92. The Hall–Kier alpha value is -1.86. The normalized spacial score (nSPS) is 19.7. The predicted molar refractivity (Wildman–Crippen MR) is 118 cm³/mol. The Morgan fingerprint density at radius 3 is 2.57 bits per heavy atom. The molecule has 2 aliphatic heterocycles. The smallest absolute Gasteiger partial charge is 0.305 e. The summed E-state index contributed by atoms with van der Waals surface area (Å²) in [5.74, 6) is -0.283. The molecular weight excluding hydrogens is 392 g/mol. The first kappa shape index (κ1) is 20.9. The van der Waals surface area contributed by atoms with Crippen LogP contribution in [0, 0.1) is 5.92 Å². The van der Waals surface area contributed by atoms with Gasteiger partial charge in [-0.2, -0.15) is 0 Å². The SMILES string of the molecule is CCCC1CCN(c2ccc(/C=C3\SC(=S)N(CCC(=O)O)C3=O)cc2)CC1. The number of thioether (sulfide) groups is 1. The highest BCUT2D eigenvalue weighted by Gasteiger charge is 2.32. The lowest BCUT2D eigenvalue weighted by Gasteiger charge is -2.33. The molecule has 0 spiro atoms. The first-order chi connectivity index (χ1) is 13.5. The van der Waals surface area contributed by atoms with Gasteiger partial charge in [-0.3, -0.25) is 14.5 Å². The Labute approximate surface area is 175 Å². The van der Waals surface area contributed by atoms with Crippen LogP contribution < -0.4 is 4.90 Å². The molecule has 0 saturated carbocycles. The van der Waals surface area contributed by atoms with Crippen LogP contribution in [0.1, 0.15) is 44.6 Å². The van der Waals surface area contributed by atoms with Crippen molar-refractivity contribution in [3.05, 3.63) is 34.7 Å². The number of rotatable bonds is 7. The Balaban J connectivity index is 1.62. The van der Waals surface area contributed by atoms with Crippen molar-refractivity contribution in [2.24, 2.45) is 5.92 Å². The number of carboxylic acids is 1. The summed E-state index contributed by atoms with van der Waals surface area (Å²) < 4.78 is 0.420. The van der Waals surface area contributed by atoms with Crippen LogP contribution in [0.15, 0.2) is 29.2 Å². The van der Waals surface area contributed by atoms with Gasteiger partial charge in [-0.05, 0) is 42.5 Å². The lowest BCUT2D eigenvalue weighted by molar-refractivity contribution is -0.137. The van der Waals surface area contributed by atoms with Crippen molar-refractivity contribution in [1.29, 1.82) is 0 Å². The Morgan fingerprint density at radius 2 is 1.96 bits per heavy atom. The summed E-state index contributed by atoms with van der Waals surface area (Å²) in [6, 6.07) is 8.27. The van der Waals surface area contributed by atoms with E-state index in [2.05, 4.69) is 24.0 Å². The minimum atomic E-state index is -0.938. The van der Waals surface area contributed by atoms with E-state index in [9.17, 15) is 9.59 Å². The van der Waals surface area contributed by atoms with Crippen molar-refractivity contribution in [3.8, 4) is 0 Å². The molecule has 150 valence electrons. The molecular formula is C21H26N2O3S2. The molecule has 28 heavy (non-hydrogen) atoms. The third-order valence-corrected chi connectivity index (χ3v) is 6.67. The van der Waals surface area contributed by atoms with Gasteiger partial charge in [0.1, 0.15) is 4.32 Å². The topological polar surface area (TPSA) is 60.9 Å². The molecule has 0 atom stereocenters. The lowest BCUT2D eigenvalue weighted by Crippen LogP contribution is -2.33. The fourth-order valence-corrected chi connectivity index (χ4v) is 5.03. The molecule has 0 bridgehead atoms. The van der Waals surface area contributed by atoms with Gasteiger partial charge in [-0.25, -0.2) is 0 Å². The molecule has 2 heterocycles. The highest BCUT2D eigenvalue weighted by Crippen LogP contribution is 2.33. The van der Waals surface area contributed by atoms with E-state index in [0.717, 1.165) is 24.6 Å². The van der Waals surface area contributed by atoms with E-state index in [0.29, 0.717) is 9.23 Å². The molecule has 1 amide bonds. The zero-order chi connectivity index (χ0) is 20.1. The molecule has 0 radical (unpaired) electrons. The van der Waals surface area contributed by atoms with Crippen LogP contribution in [0.2, 0.25) is 0 Å². The van der Waals surface area contributed by atoms with Crippen LogP contribution in [0.4, 0.5) is 5.69 Å². The Kier molecular flexibility index (Phi) is 7.13. The number of carbonyl (C=O) groups is 2. The summed E-state index contributed by atoms with van der Waals surface area (Å²) in [5.41, 5.74) is 2.17. The van der Waals surface area contributed by atoms with Crippen LogP contribution in [-0.2, 0) is 9.59 Å². The molecule has 2 aliphatic rings. The number of aliphatic carboxylic acids is 1. The zero-order valence-electron chi connectivity index (χ0n) is 16.1. The molecule has 7 heteroatoms. The number of thiocarbonyl (C=S) groups is 1. The molecule has 0 aromatic heterocycles. The predicted octanol–water partition coefficient (Wildman–Crippen LogP) is 4.38. The van der Waals surface area contributed by atoms with E-state index < -0.39 is 5.97 Å². The van der Waals surface area contributed by atoms with E-state index >= 15 is 0 Å². The highest BCUT2D eigenvalue weighted by atomic mass is 32.2. The van der Waals surface area contributed by atoms with Gasteiger partial charge in [-0.1, -0.05) is 55.9 Å².